The van der Waals surface area contributed by atoms with Gasteiger partial charge >= 0.3 is 12.1 Å². The second-order valence-electron chi connectivity index (χ2n) is 8.48. The molecule has 1 heterocycles. The number of carbonyl (C=O) groups excluding carboxylic acids is 2. The molecule has 2 atom stereocenters. The van der Waals surface area contributed by atoms with E-state index in [4.69, 9.17) is 4.74 Å². The van der Waals surface area contributed by atoms with Crippen LogP contribution >= 0.6 is 11.8 Å². The summed E-state index contributed by atoms with van der Waals surface area (Å²) in [5, 5.41) is 12.2. The second kappa shape index (κ2) is 9.84. The highest BCUT2D eigenvalue weighted by Crippen LogP contribution is 2.44. The number of ether oxygens (including phenoxy) is 1. The first-order valence-electron chi connectivity index (χ1n) is 11.3. The van der Waals surface area contributed by atoms with Gasteiger partial charge in [-0.1, -0.05) is 78.9 Å². The van der Waals surface area contributed by atoms with Crippen LogP contribution in [0.15, 0.2) is 78.9 Å². The predicted octanol–water partition coefficient (Wildman–Crippen LogP) is 4.25. The Bertz CT molecular complexity index is 1220. The van der Waals surface area contributed by atoms with E-state index in [0.717, 1.165) is 22.3 Å². The first-order valence-corrected chi connectivity index (χ1v) is 12.5. The number of alkyl carbamates (subject to hydrolysis) is 1. The lowest BCUT2D eigenvalue weighted by atomic mass is 9.98. The molecule has 178 valence electrons. The zero-order valence-electron chi connectivity index (χ0n) is 18.8. The number of fused-ring (bicyclic) bond motifs is 3. The number of benzene rings is 3. The Morgan fingerprint density at radius 1 is 0.943 bits per heavy atom. The van der Waals surface area contributed by atoms with Gasteiger partial charge in [0.15, 0.2) is 0 Å². The molecule has 3 aromatic carbocycles. The smallest absolute Gasteiger partial charge is 0.408 e. The highest BCUT2D eigenvalue weighted by atomic mass is 32.2. The molecule has 0 radical (unpaired) electrons. The van der Waals surface area contributed by atoms with Crippen LogP contribution in [0.5, 0.6) is 0 Å². The fraction of sp³-hybridized carbons (Fsp3) is 0.222. The summed E-state index contributed by atoms with van der Waals surface area (Å²) in [5.41, 5.74) is 5.00. The van der Waals surface area contributed by atoms with E-state index >= 15 is 0 Å². The van der Waals surface area contributed by atoms with Crippen LogP contribution in [-0.4, -0.2) is 52.3 Å². The number of hydrogen-bond acceptors (Lipinski definition) is 5. The van der Waals surface area contributed by atoms with E-state index in [1.165, 1.54) is 16.7 Å². The summed E-state index contributed by atoms with van der Waals surface area (Å²) < 4.78 is 5.64. The average Bonchev–Trinajstić information content (AvgIpc) is 3.50. The van der Waals surface area contributed by atoms with Crippen LogP contribution in [0.3, 0.4) is 0 Å². The summed E-state index contributed by atoms with van der Waals surface area (Å²) in [6.07, 6.45) is -0.729. The maximum absolute atomic E-state index is 13.4. The molecule has 8 heteroatoms. The lowest BCUT2D eigenvalue weighted by molar-refractivity contribution is -0.148. The number of thioether (sulfide) groups is 1. The quantitative estimate of drug-likeness (QED) is 0.539. The van der Waals surface area contributed by atoms with Crippen LogP contribution < -0.4 is 5.32 Å². The van der Waals surface area contributed by atoms with Gasteiger partial charge in [0.25, 0.3) is 5.91 Å². The monoisotopic (exact) mass is 488 g/mol. The Morgan fingerprint density at radius 3 is 2.17 bits per heavy atom. The molecule has 0 spiro atoms. The maximum atomic E-state index is 13.4. The number of nitrogens with zero attached hydrogens (tertiary/aromatic N) is 1. The molecule has 35 heavy (non-hydrogen) atoms. The Morgan fingerprint density at radius 2 is 1.54 bits per heavy atom. The van der Waals surface area contributed by atoms with Crippen molar-refractivity contribution in [3.05, 3.63) is 95.6 Å². The van der Waals surface area contributed by atoms with Crippen molar-refractivity contribution < 1.29 is 24.2 Å². The molecule has 1 aliphatic heterocycles. The first-order chi connectivity index (χ1) is 17.0. The SMILES string of the molecule is O=C(N[C@H](C(=O)N1CSCC1C(=O)O)c1ccccc1)OCC1c2ccccc2-c2ccccc21. The normalized spacial score (nSPS) is 17.4. The minimum absolute atomic E-state index is 0.106. The lowest BCUT2D eigenvalue weighted by Gasteiger charge is -2.27. The maximum Gasteiger partial charge on any atom is 0.408 e. The molecule has 1 fully saturated rings. The van der Waals surface area contributed by atoms with Crippen molar-refractivity contribution in [1.82, 2.24) is 10.2 Å². The number of hydrogen-bond donors (Lipinski definition) is 2. The topological polar surface area (TPSA) is 95.9 Å². The van der Waals surface area contributed by atoms with Crippen molar-refractivity contribution in [2.75, 3.05) is 18.2 Å². The molecule has 0 saturated carbocycles. The van der Waals surface area contributed by atoms with E-state index in [1.807, 2.05) is 42.5 Å². The molecule has 3 aromatic rings. The molecule has 2 aliphatic rings. The van der Waals surface area contributed by atoms with Crippen molar-refractivity contribution in [2.24, 2.45) is 0 Å². The number of aliphatic carboxylic acids is 1. The van der Waals surface area contributed by atoms with Gasteiger partial charge in [-0.3, -0.25) is 4.79 Å². The van der Waals surface area contributed by atoms with E-state index in [1.54, 1.807) is 24.3 Å². The van der Waals surface area contributed by atoms with Crippen molar-refractivity contribution in [1.29, 1.82) is 0 Å². The molecule has 1 unspecified atom stereocenters. The summed E-state index contributed by atoms with van der Waals surface area (Å²) in [7, 11) is 0. The van der Waals surface area contributed by atoms with Crippen LogP contribution in [0.25, 0.3) is 11.1 Å². The highest BCUT2D eigenvalue weighted by Gasteiger charge is 2.39. The number of carboxylic acids is 1. The van der Waals surface area contributed by atoms with Crippen LogP contribution in [0.1, 0.15) is 28.7 Å². The molecule has 1 saturated heterocycles. The second-order valence-corrected chi connectivity index (χ2v) is 9.48. The number of amides is 2. The predicted molar refractivity (Wildman–Crippen MR) is 133 cm³/mol. The molecule has 1 aliphatic carbocycles. The van der Waals surface area contributed by atoms with Crippen LogP contribution in [0.4, 0.5) is 4.79 Å². The van der Waals surface area contributed by atoms with Gasteiger partial charge in [-0.05, 0) is 27.8 Å². The van der Waals surface area contributed by atoms with Gasteiger partial charge in [-0.25, -0.2) is 9.59 Å². The molecule has 5 rings (SSSR count). The third-order valence-electron chi connectivity index (χ3n) is 6.44. The van der Waals surface area contributed by atoms with Gasteiger partial charge in [-0.2, -0.15) is 0 Å². The highest BCUT2D eigenvalue weighted by molar-refractivity contribution is 7.99. The summed E-state index contributed by atoms with van der Waals surface area (Å²) >= 11 is 1.37. The minimum Gasteiger partial charge on any atom is -0.480 e. The fourth-order valence-electron chi connectivity index (χ4n) is 4.72. The largest absolute Gasteiger partial charge is 0.480 e. The third-order valence-corrected chi connectivity index (χ3v) is 7.45. The molecule has 0 bridgehead atoms. The molecule has 0 aromatic heterocycles. The zero-order chi connectivity index (χ0) is 24.4. The van der Waals surface area contributed by atoms with Gasteiger partial charge in [0.2, 0.25) is 0 Å². The number of rotatable bonds is 6. The summed E-state index contributed by atoms with van der Waals surface area (Å²) in [6, 6.07) is 22.9. The third kappa shape index (κ3) is 4.49. The number of carboxylic acid groups (broad SMARTS) is 1. The van der Waals surface area contributed by atoms with E-state index in [9.17, 15) is 19.5 Å². The standard InChI is InChI=1S/C27H24N2O5S/c30-25(29-16-35-15-23(29)26(31)32)24(17-8-2-1-3-9-17)28-27(33)34-14-22-20-12-6-4-10-18(20)19-11-5-7-13-21(19)22/h1-13,22-24H,14-16H2,(H,28,33)(H,31,32)/t23?,24-/m0/s1. The number of nitrogens with one attached hydrogen (secondary N) is 1. The average molecular weight is 489 g/mol. The lowest BCUT2D eigenvalue weighted by Crippen LogP contribution is -2.48. The van der Waals surface area contributed by atoms with E-state index in [-0.39, 0.29) is 18.4 Å². The van der Waals surface area contributed by atoms with Crippen LogP contribution in [0, 0.1) is 0 Å². The van der Waals surface area contributed by atoms with Crippen LogP contribution in [-0.2, 0) is 14.3 Å². The van der Waals surface area contributed by atoms with Gasteiger partial charge in [0.1, 0.15) is 18.7 Å². The Balaban J connectivity index is 1.33. The molecular formula is C27H24N2O5S. The van der Waals surface area contributed by atoms with Crippen molar-refractivity contribution >= 4 is 29.7 Å². The number of carbonyl (C=O) groups is 3. The van der Waals surface area contributed by atoms with Gasteiger partial charge in [0, 0.05) is 11.7 Å². The molecule has 7 nitrogen and oxygen atoms in total. The van der Waals surface area contributed by atoms with Crippen molar-refractivity contribution in [3.8, 4) is 11.1 Å². The molecule has 2 N–H and O–H groups in total. The molecular weight excluding hydrogens is 464 g/mol. The van der Waals surface area contributed by atoms with E-state index in [2.05, 4.69) is 17.4 Å². The van der Waals surface area contributed by atoms with Crippen LogP contribution in [0.2, 0.25) is 0 Å². The van der Waals surface area contributed by atoms with Gasteiger partial charge < -0.3 is 20.1 Å². The van der Waals surface area contributed by atoms with Gasteiger partial charge in [-0.15, -0.1) is 11.8 Å². The summed E-state index contributed by atoms with van der Waals surface area (Å²) in [4.78, 5) is 39.2. The fourth-order valence-corrected chi connectivity index (χ4v) is 5.88. The Kier molecular flexibility index (Phi) is 6.46. The first kappa shape index (κ1) is 23.0. The van der Waals surface area contributed by atoms with Crippen molar-refractivity contribution in [3.63, 3.8) is 0 Å². The molecule has 2 amide bonds. The summed E-state index contributed by atoms with van der Waals surface area (Å²) in [6.45, 7) is 0.118. The van der Waals surface area contributed by atoms with E-state index < -0.39 is 30.1 Å². The van der Waals surface area contributed by atoms with E-state index in [0.29, 0.717) is 11.3 Å². The summed E-state index contributed by atoms with van der Waals surface area (Å²) in [5.74, 6) is -1.07. The van der Waals surface area contributed by atoms with Crippen molar-refractivity contribution in [2.45, 2.75) is 18.0 Å². The van der Waals surface area contributed by atoms with Gasteiger partial charge in [0.05, 0.1) is 5.88 Å². The Hall–Kier alpha value is -3.78. The minimum atomic E-state index is -1.06. The zero-order valence-corrected chi connectivity index (χ0v) is 19.6. The Labute approximate surface area is 207 Å².